The molecule has 7 heteroatoms. The number of rotatable bonds is 3. The second kappa shape index (κ2) is 7.08. The Labute approximate surface area is 162 Å². The number of carbonyl (C=O) groups excluding carboxylic acids is 1. The summed E-state index contributed by atoms with van der Waals surface area (Å²) in [5.74, 6) is 0.716. The smallest absolute Gasteiger partial charge is 0.240 e. The SMILES string of the molecule is Cc1ccc(C)c(NC(=O)C2Sc3nnc(C)n3NC2c2ccccc2)c1. The normalized spacial score (nSPS) is 18.5. The van der Waals surface area contributed by atoms with Crippen LogP contribution in [0.1, 0.15) is 28.6 Å². The first-order chi connectivity index (χ1) is 13.0. The second-order valence-electron chi connectivity index (χ2n) is 6.73. The van der Waals surface area contributed by atoms with Crippen LogP contribution in [0.25, 0.3) is 0 Å². The van der Waals surface area contributed by atoms with Gasteiger partial charge in [0.2, 0.25) is 11.1 Å². The van der Waals surface area contributed by atoms with Gasteiger partial charge in [-0.25, -0.2) is 4.68 Å². The molecule has 2 unspecified atom stereocenters. The van der Waals surface area contributed by atoms with Gasteiger partial charge < -0.3 is 10.7 Å². The van der Waals surface area contributed by atoms with E-state index in [4.69, 9.17) is 0 Å². The summed E-state index contributed by atoms with van der Waals surface area (Å²) < 4.78 is 1.85. The van der Waals surface area contributed by atoms with Crippen LogP contribution in [0.4, 0.5) is 5.69 Å². The Morgan fingerprint density at radius 3 is 2.67 bits per heavy atom. The number of aryl methyl sites for hydroxylation is 3. The lowest BCUT2D eigenvalue weighted by Crippen LogP contribution is -2.41. The number of nitrogens with zero attached hydrogens (tertiary/aromatic N) is 3. The fourth-order valence-corrected chi connectivity index (χ4v) is 4.27. The fraction of sp³-hybridized carbons (Fsp3) is 0.250. The average molecular weight is 379 g/mol. The van der Waals surface area contributed by atoms with Crippen molar-refractivity contribution in [2.24, 2.45) is 0 Å². The monoisotopic (exact) mass is 379 g/mol. The maximum atomic E-state index is 13.2. The molecule has 2 heterocycles. The van der Waals surface area contributed by atoms with E-state index in [0.29, 0.717) is 5.16 Å². The fourth-order valence-electron chi connectivity index (χ4n) is 3.15. The largest absolute Gasteiger partial charge is 0.325 e. The Bertz CT molecular complexity index is 985. The van der Waals surface area contributed by atoms with E-state index in [1.165, 1.54) is 11.8 Å². The Balaban J connectivity index is 1.67. The Morgan fingerprint density at radius 1 is 1.11 bits per heavy atom. The molecule has 3 aromatic rings. The molecule has 0 fully saturated rings. The molecule has 0 saturated carbocycles. The van der Waals surface area contributed by atoms with E-state index < -0.39 is 0 Å². The lowest BCUT2D eigenvalue weighted by atomic mass is 10.0. The molecule has 0 radical (unpaired) electrons. The highest BCUT2D eigenvalue weighted by Gasteiger charge is 2.37. The van der Waals surface area contributed by atoms with E-state index in [0.717, 1.165) is 28.2 Å². The Hall–Kier alpha value is -2.80. The maximum Gasteiger partial charge on any atom is 0.240 e. The Kier molecular flexibility index (Phi) is 4.61. The minimum Gasteiger partial charge on any atom is -0.325 e. The van der Waals surface area contributed by atoms with Crippen molar-refractivity contribution in [3.8, 4) is 0 Å². The molecule has 0 spiro atoms. The van der Waals surface area contributed by atoms with E-state index in [9.17, 15) is 4.79 Å². The predicted molar refractivity (Wildman–Crippen MR) is 107 cm³/mol. The maximum absolute atomic E-state index is 13.2. The number of benzene rings is 2. The van der Waals surface area contributed by atoms with Gasteiger partial charge in [0, 0.05) is 5.69 Å². The molecule has 0 saturated heterocycles. The topological polar surface area (TPSA) is 71.8 Å². The summed E-state index contributed by atoms with van der Waals surface area (Å²) in [7, 11) is 0. The highest BCUT2D eigenvalue weighted by atomic mass is 32.2. The molecule has 2 N–H and O–H groups in total. The van der Waals surface area contributed by atoms with Crippen molar-refractivity contribution in [1.82, 2.24) is 14.9 Å². The van der Waals surface area contributed by atoms with Crippen LogP contribution >= 0.6 is 11.8 Å². The quantitative estimate of drug-likeness (QED) is 0.727. The number of hydrogen-bond donors (Lipinski definition) is 2. The van der Waals surface area contributed by atoms with Crippen molar-refractivity contribution in [3.63, 3.8) is 0 Å². The van der Waals surface area contributed by atoms with Gasteiger partial charge in [0.1, 0.15) is 11.1 Å². The van der Waals surface area contributed by atoms with E-state index >= 15 is 0 Å². The number of carbonyl (C=O) groups is 1. The van der Waals surface area contributed by atoms with E-state index in [1.807, 2.05) is 74.0 Å². The zero-order chi connectivity index (χ0) is 19.0. The van der Waals surface area contributed by atoms with Gasteiger partial charge in [-0.05, 0) is 43.5 Å². The van der Waals surface area contributed by atoms with Gasteiger partial charge in [0.15, 0.2) is 0 Å². The minimum atomic E-state index is -0.372. The number of nitrogens with one attached hydrogen (secondary N) is 2. The van der Waals surface area contributed by atoms with Crippen molar-refractivity contribution in [2.75, 3.05) is 10.7 Å². The van der Waals surface area contributed by atoms with Crippen LogP contribution in [0.15, 0.2) is 53.7 Å². The predicted octanol–water partition coefficient (Wildman–Crippen LogP) is 3.60. The zero-order valence-corrected chi connectivity index (χ0v) is 16.2. The third-order valence-electron chi connectivity index (χ3n) is 4.67. The third-order valence-corrected chi connectivity index (χ3v) is 5.88. The average Bonchev–Trinajstić information content (AvgIpc) is 3.04. The van der Waals surface area contributed by atoms with E-state index in [1.54, 1.807) is 0 Å². The summed E-state index contributed by atoms with van der Waals surface area (Å²) >= 11 is 1.43. The summed E-state index contributed by atoms with van der Waals surface area (Å²) in [5, 5.41) is 11.7. The number of amides is 1. The lowest BCUT2D eigenvalue weighted by Gasteiger charge is -2.32. The molecule has 0 bridgehead atoms. The lowest BCUT2D eigenvalue weighted by molar-refractivity contribution is -0.116. The van der Waals surface area contributed by atoms with Gasteiger partial charge in [0.05, 0.1) is 6.04 Å². The Morgan fingerprint density at radius 2 is 1.89 bits per heavy atom. The molecule has 1 aliphatic heterocycles. The van der Waals surface area contributed by atoms with Crippen LogP contribution in [-0.4, -0.2) is 26.0 Å². The molecule has 4 rings (SSSR count). The standard InChI is InChI=1S/C20H21N5OS/c1-12-9-10-13(2)16(11-12)21-19(26)18-17(15-7-5-4-6-8-15)24-25-14(3)22-23-20(25)27-18/h4-11,17-18,24H,1-3H3,(H,21,26). The third kappa shape index (κ3) is 3.42. The summed E-state index contributed by atoms with van der Waals surface area (Å²) in [6, 6.07) is 15.9. The minimum absolute atomic E-state index is 0.0537. The second-order valence-corrected chi connectivity index (χ2v) is 7.84. The first-order valence-corrected chi connectivity index (χ1v) is 9.69. The van der Waals surface area contributed by atoms with Gasteiger partial charge >= 0.3 is 0 Å². The molecule has 6 nitrogen and oxygen atoms in total. The number of anilines is 1. The van der Waals surface area contributed by atoms with Crippen molar-refractivity contribution in [2.45, 2.75) is 37.2 Å². The molecule has 27 heavy (non-hydrogen) atoms. The molecule has 1 amide bonds. The highest BCUT2D eigenvalue weighted by molar-refractivity contribution is 8.00. The molecular weight excluding hydrogens is 358 g/mol. The van der Waals surface area contributed by atoms with Crippen molar-refractivity contribution >= 4 is 23.4 Å². The molecule has 0 aliphatic carbocycles. The van der Waals surface area contributed by atoms with Gasteiger partial charge in [0.25, 0.3) is 0 Å². The van der Waals surface area contributed by atoms with Crippen LogP contribution in [0.5, 0.6) is 0 Å². The number of fused-ring (bicyclic) bond motifs is 1. The van der Waals surface area contributed by atoms with Crippen molar-refractivity contribution < 1.29 is 4.79 Å². The van der Waals surface area contributed by atoms with Crippen LogP contribution in [0.2, 0.25) is 0 Å². The van der Waals surface area contributed by atoms with E-state index in [-0.39, 0.29) is 17.2 Å². The van der Waals surface area contributed by atoms with Crippen LogP contribution < -0.4 is 10.7 Å². The van der Waals surface area contributed by atoms with E-state index in [2.05, 4.69) is 20.9 Å². The molecule has 1 aromatic heterocycles. The molecule has 138 valence electrons. The molecular formula is C20H21N5OS. The van der Waals surface area contributed by atoms with Gasteiger partial charge in [-0.1, -0.05) is 54.2 Å². The van der Waals surface area contributed by atoms with Gasteiger partial charge in [-0.2, -0.15) is 0 Å². The number of hydrogen-bond acceptors (Lipinski definition) is 5. The first-order valence-electron chi connectivity index (χ1n) is 8.81. The summed E-state index contributed by atoms with van der Waals surface area (Å²) in [4.78, 5) is 13.2. The van der Waals surface area contributed by atoms with Crippen LogP contribution in [0.3, 0.4) is 0 Å². The summed E-state index contributed by atoms with van der Waals surface area (Å²) in [6.45, 7) is 5.91. The first kappa shape index (κ1) is 17.6. The molecule has 2 aromatic carbocycles. The van der Waals surface area contributed by atoms with Crippen molar-refractivity contribution in [3.05, 3.63) is 71.0 Å². The summed E-state index contributed by atoms with van der Waals surface area (Å²) in [5.41, 5.74) is 7.45. The van der Waals surface area contributed by atoms with Gasteiger partial charge in [-0.15, -0.1) is 10.2 Å². The number of aromatic nitrogens is 3. The summed E-state index contributed by atoms with van der Waals surface area (Å²) in [6.07, 6.45) is 0. The molecule has 1 aliphatic rings. The number of thioether (sulfide) groups is 1. The molecule has 2 atom stereocenters. The van der Waals surface area contributed by atoms with Crippen LogP contribution in [-0.2, 0) is 4.79 Å². The zero-order valence-electron chi connectivity index (χ0n) is 15.4. The van der Waals surface area contributed by atoms with Gasteiger partial charge in [-0.3, -0.25) is 4.79 Å². The highest BCUT2D eigenvalue weighted by Crippen LogP contribution is 2.37. The van der Waals surface area contributed by atoms with Crippen LogP contribution in [0, 0.1) is 20.8 Å². The van der Waals surface area contributed by atoms with Crippen molar-refractivity contribution in [1.29, 1.82) is 0 Å².